The van der Waals surface area contributed by atoms with Crippen molar-refractivity contribution in [2.75, 3.05) is 20.1 Å². The summed E-state index contributed by atoms with van der Waals surface area (Å²) in [4.78, 5) is 17.2. The van der Waals surface area contributed by atoms with Crippen LogP contribution in [0.3, 0.4) is 0 Å². The molecule has 0 bridgehead atoms. The summed E-state index contributed by atoms with van der Waals surface area (Å²) in [5, 5.41) is 8.45. The molecule has 0 aliphatic rings. The predicted molar refractivity (Wildman–Crippen MR) is 86.6 cm³/mol. The Labute approximate surface area is 134 Å². The van der Waals surface area contributed by atoms with Crippen LogP contribution in [0, 0.1) is 0 Å². The molecule has 0 saturated heterocycles. The van der Waals surface area contributed by atoms with E-state index in [1.165, 1.54) is 11.3 Å². The van der Waals surface area contributed by atoms with Crippen molar-refractivity contribution in [3.63, 3.8) is 0 Å². The van der Waals surface area contributed by atoms with E-state index in [9.17, 15) is 4.79 Å². The molecule has 2 aromatic heterocycles. The van der Waals surface area contributed by atoms with Crippen molar-refractivity contribution in [1.29, 1.82) is 0 Å². The molecule has 0 atom stereocenters. The van der Waals surface area contributed by atoms with Gasteiger partial charge >= 0.3 is 0 Å². The maximum Gasteiger partial charge on any atom is 0.270 e. The molecule has 0 aliphatic carbocycles. The minimum atomic E-state index is -0.122. The van der Waals surface area contributed by atoms with Crippen molar-refractivity contribution < 1.29 is 4.79 Å². The van der Waals surface area contributed by atoms with Crippen LogP contribution in [0.15, 0.2) is 21.3 Å². The molecule has 0 spiro atoms. The number of hydrogen-bond acceptors (Lipinski definition) is 5. The largest absolute Gasteiger partial charge is 0.349 e. The minimum absolute atomic E-state index is 0. The van der Waals surface area contributed by atoms with E-state index in [-0.39, 0.29) is 18.3 Å². The van der Waals surface area contributed by atoms with E-state index in [2.05, 4.69) is 31.5 Å². The molecule has 2 aromatic rings. The maximum atomic E-state index is 11.8. The molecular formula is C11H13BrClN3OS2. The molecule has 0 unspecified atom stereocenters. The first kappa shape index (κ1) is 16.6. The van der Waals surface area contributed by atoms with Crippen LogP contribution in [-0.4, -0.2) is 31.0 Å². The van der Waals surface area contributed by atoms with Crippen LogP contribution in [-0.2, 0) is 0 Å². The molecule has 1 amide bonds. The molecule has 19 heavy (non-hydrogen) atoms. The number of nitrogens with one attached hydrogen (secondary N) is 2. The third-order valence-corrected chi connectivity index (χ3v) is 4.82. The smallest absolute Gasteiger partial charge is 0.270 e. The third-order valence-electron chi connectivity index (χ3n) is 2.18. The zero-order valence-corrected chi connectivity index (χ0v) is 14.1. The normalized spacial score (nSPS) is 10.0. The molecule has 0 fully saturated rings. The SMILES string of the molecule is CNCCNC(=O)c1csc(-c2ccc(Br)s2)n1.Cl. The maximum absolute atomic E-state index is 11.8. The van der Waals surface area contributed by atoms with Crippen LogP contribution in [0.2, 0.25) is 0 Å². The average Bonchev–Trinajstić information content (AvgIpc) is 2.97. The van der Waals surface area contributed by atoms with Gasteiger partial charge in [-0.15, -0.1) is 35.1 Å². The van der Waals surface area contributed by atoms with Crippen LogP contribution in [0.4, 0.5) is 0 Å². The number of rotatable bonds is 5. The lowest BCUT2D eigenvalue weighted by Gasteiger charge is -2.01. The Morgan fingerprint density at radius 2 is 2.21 bits per heavy atom. The van der Waals surface area contributed by atoms with E-state index in [0.717, 1.165) is 20.2 Å². The number of carbonyl (C=O) groups excluding carboxylic acids is 1. The van der Waals surface area contributed by atoms with Gasteiger partial charge in [-0.05, 0) is 35.1 Å². The zero-order chi connectivity index (χ0) is 13.0. The van der Waals surface area contributed by atoms with Crippen molar-refractivity contribution in [3.8, 4) is 9.88 Å². The van der Waals surface area contributed by atoms with Crippen molar-refractivity contribution >= 4 is 56.9 Å². The summed E-state index contributed by atoms with van der Waals surface area (Å²) in [6, 6.07) is 3.98. The lowest BCUT2D eigenvalue weighted by Crippen LogP contribution is -2.30. The van der Waals surface area contributed by atoms with Gasteiger partial charge in [0.2, 0.25) is 0 Å². The van der Waals surface area contributed by atoms with E-state index >= 15 is 0 Å². The standard InChI is InChI=1S/C11H12BrN3OS2.ClH/c1-13-4-5-14-10(16)7-6-17-11(15-7)8-2-3-9(12)18-8;/h2-3,6,13H,4-5H2,1H3,(H,14,16);1H. The first-order valence-corrected chi connectivity index (χ1v) is 7.83. The number of nitrogens with zero attached hydrogens (tertiary/aromatic N) is 1. The van der Waals surface area contributed by atoms with E-state index in [0.29, 0.717) is 12.2 Å². The highest BCUT2D eigenvalue weighted by Crippen LogP contribution is 2.33. The predicted octanol–water partition coefficient (Wildman–Crippen LogP) is 3.01. The van der Waals surface area contributed by atoms with Gasteiger partial charge in [-0.2, -0.15) is 0 Å². The molecule has 104 valence electrons. The van der Waals surface area contributed by atoms with Crippen LogP contribution >= 0.6 is 51.0 Å². The van der Waals surface area contributed by atoms with Crippen molar-refractivity contribution in [2.45, 2.75) is 0 Å². The number of amides is 1. The van der Waals surface area contributed by atoms with Crippen LogP contribution in [0.25, 0.3) is 9.88 Å². The molecule has 0 radical (unpaired) electrons. The van der Waals surface area contributed by atoms with Gasteiger partial charge in [-0.1, -0.05) is 0 Å². The number of aromatic nitrogens is 1. The Morgan fingerprint density at radius 1 is 1.42 bits per heavy atom. The van der Waals surface area contributed by atoms with Crippen molar-refractivity contribution in [1.82, 2.24) is 15.6 Å². The minimum Gasteiger partial charge on any atom is -0.349 e. The zero-order valence-electron chi connectivity index (χ0n) is 10.1. The number of thiazole rings is 1. The highest BCUT2D eigenvalue weighted by Gasteiger charge is 2.12. The molecule has 8 heteroatoms. The van der Waals surface area contributed by atoms with Gasteiger partial charge in [0.25, 0.3) is 5.91 Å². The van der Waals surface area contributed by atoms with Crippen molar-refractivity contribution in [2.24, 2.45) is 0 Å². The van der Waals surface area contributed by atoms with Crippen molar-refractivity contribution in [3.05, 3.63) is 27.0 Å². The Kier molecular flexibility index (Phi) is 6.95. The molecule has 2 N–H and O–H groups in total. The number of hydrogen-bond donors (Lipinski definition) is 2. The highest BCUT2D eigenvalue weighted by atomic mass is 79.9. The molecule has 2 heterocycles. The number of thiophene rings is 1. The van der Waals surface area contributed by atoms with Gasteiger partial charge in [0.05, 0.1) is 8.66 Å². The summed E-state index contributed by atoms with van der Waals surface area (Å²) in [6.07, 6.45) is 0. The van der Waals surface area contributed by atoms with Crippen LogP contribution in [0.1, 0.15) is 10.5 Å². The monoisotopic (exact) mass is 381 g/mol. The second-order valence-electron chi connectivity index (χ2n) is 3.50. The summed E-state index contributed by atoms with van der Waals surface area (Å²) in [5.74, 6) is -0.122. The molecule has 0 saturated carbocycles. The van der Waals surface area contributed by atoms with E-state index in [1.807, 2.05) is 19.2 Å². The number of carbonyl (C=O) groups is 1. The number of halogens is 2. The highest BCUT2D eigenvalue weighted by molar-refractivity contribution is 9.11. The molecule has 4 nitrogen and oxygen atoms in total. The first-order chi connectivity index (χ1) is 8.70. The number of likely N-dealkylation sites (N-methyl/N-ethyl adjacent to an activating group) is 1. The molecule has 0 aliphatic heterocycles. The fraction of sp³-hybridized carbons (Fsp3) is 0.273. The lowest BCUT2D eigenvalue weighted by atomic mass is 10.4. The summed E-state index contributed by atoms with van der Waals surface area (Å²) >= 11 is 6.51. The Bertz CT molecular complexity index is 544. The molecular weight excluding hydrogens is 370 g/mol. The van der Waals surface area contributed by atoms with Gasteiger partial charge in [-0.3, -0.25) is 4.79 Å². The summed E-state index contributed by atoms with van der Waals surface area (Å²) in [7, 11) is 1.85. The van der Waals surface area contributed by atoms with Gasteiger partial charge < -0.3 is 10.6 Å². The van der Waals surface area contributed by atoms with E-state index in [4.69, 9.17) is 0 Å². The topological polar surface area (TPSA) is 54.0 Å². The fourth-order valence-corrected chi connectivity index (χ4v) is 3.57. The molecule has 0 aromatic carbocycles. The van der Waals surface area contributed by atoms with Gasteiger partial charge in [0.1, 0.15) is 10.7 Å². The quantitative estimate of drug-likeness (QED) is 0.782. The lowest BCUT2D eigenvalue weighted by molar-refractivity contribution is 0.0950. The molecule has 2 rings (SSSR count). The summed E-state index contributed by atoms with van der Waals surface area (Å²) < 4.78 is 1.06. The van der Waals surface area contributed by atoms with E-state index in [1.54, 1.807) is 16.7 Å². The van der Waals surface area contributed by atoms with Gasteiger partial charge in [0.15, 0.2) is 0 Å². The Morgan fingerprint density at radius 3 is 2.84 bits per heavy atom. The third kappa shape index (κ3) is 4.54. The first-order valence-electron chi connectivity index (χ1n) is 5.34. The van der Waals surface area contributed by atoms with Gasteiger partial charge in [0, 0.05) is 18.5 Å². The Balaban J connectivity index is 0.00000180. The fourth-order valence-electron chi connectivity index (χ4n) is 1.31. The second kappa shape index (κ2) is 7.96. The average molecular weight is 383 g/mol. The summed E-state index contributed by atoms with van der Waals surface area (Å²) in [5.41, 5.74) is 0.482. The van der Waals surface area contributed by atoms with Crippen LogP contribution < -0.4 is 10.6 Å². The second-order valence-corrected chi connectivity index (χ2v) is 6.82. The van der Waals surface area contributed by atoms with Gasteiger partial charge in [-0.25, -0.2) is 4.98 Å². The van der Waals surface area contributed by atoms with E-state index < -0.39 is 0 Å². The summed E-state index contributed by atoms with van der Waals surface area (Å²) in [6.45, 7) is 1.35. The van der Waals surface area contributed by atoms with Crippen LogP contribution in [0.5, 0.6) is 0 Å². The Hall–Kier alpha value is -0.470.